The molecule has 1 N–H and O–H groups in total. The van der Waals surface area contributed by atoms with Crippen molar-refractivity contribution in [1.82, 2.24) is 0 Å². The number of hydrogen-bond acceptors (Lipinski definition) is 6. The van der Waals surface area contributed by atoms with Gasteiger partial charge in [0.1, 0.15) is 19.3 Å². The molecule has 2 atom stereocenters. The number of unbranched alkanes of at least 4 members (excludes halogenated alkanes) is 18. The first-order valence-corrected chi connectivity index (χ1v) is 26.8. The number of esters is 1. The van der Waals surface area contributed by atoms with E-state index in [0.717, 1.165) is 77.0 Å². The Morgan fingerprint density at radius 1 is 0.508 bits per heavy atom. The first kappa shape index (κ1) is 60.7. The van der Waals surface area contributed by atoms with Gasteiger partial charge in [0.15, 0.2) is 0 Å². The summed E-state index contributed by atoms with van der Waals surface area (Å²) in [5.41, 5.74) is 0. The first-order chi connectivity index (χ1) is 30.6. The summed E-state index contributed by atoms with van der Waals surface area (Å²) >= 11 is 0. The van der Waals surface area contributed by atoms with Gasteiger partial charge in [-0.2, -0.15) is 0 Å². The molecular formula is C54H97NO7P+. The minimum atomic E-state index is -4.30. The van der Waals surface area contributed by atoms with Crippen molar-refractivity contribution in [3.8, 4) is 0 Å². The van der Waals surface area contributed by atoms with E-state index in [0.29, 0.717) is 24.1 Å². The summed E-state index contributed by atoms with van der Waals surface area (Å²) in [6, 6.07) is 0. The number of rotatable bonds is 46. The maximum absolute atomic E-state index is 12.8. The zero-order chi connectivity index (χ0) is 46.2. The number of hydrogen-bond donors (Lipinski definition) is 1. The monoisotopic (exact) mass is 903 g/mol. The van der Waals surface area contributed by atoms with Gasteiger partial charge in [0, 0.05) is 13.0 Å². The van der Waals surface area contributed by atoms with Crippen LogP contribution >= 0.6 is 7.82 Å². The standard InChI is InChI=1S/C54H96NO7P/c1-6-8-10-12-14-16-18-20-22-24-26-27-28-29-30-31-33-35-37-39-41-43-45-47-54(56)62-53(52-61-63(57,58)60-50-48-55(3,4)5)51-59-49-46-44-42-40-38-36-34-32-25-23-21-19-17-15-13-11-9-7-2/h9,11,15,17-18,20-21,23-24,26,32,34,38,40,53H,6-8,10,12-14,16,19,22,25,27-31,33,35-37,39,41-52H2,1-5H3/p+1/b11-9-,17-15-,20-18-,23-21-,26-24-,34-32-,40-38-. The molecule has 0 saturated heterocycles. The van der Waals surface area contributed by atoms with E-state index in [1.165, 1.54) is 96.3 Å². The summed E-state index contributed by atoms with van der Waals surface area (Å²) < 4.78 is 35.1. The largest absolute Gasteiger partial charge is 0.472 e. The molecule has 364 valence electrons. The molecule has 0 spiro atoms. The lowest BCUT2D eigenvalue weighted by Gasteiger charge is -2.24. The molecule has 0 aliphatic carbocycles. The van der Waals surface area contributed by atoms with Gasteiger partial charge in [-0.3, -0.25) is 13.8 Å². The topological polar surface area (TPSA) is 91.3 Å². The van der Waals surface area contributed by atoms with Crippen LogP contribution in [0.4, 0.5) is 0 Å². The van der Waals surface area contributed by atoms with E-state index in [1.54, 1.807) is 0 Å². The van der Waals surface area contributed by atoms with Crippen molar-refractivity contribution in [3.05, 3.63) is 85.1 Å². The van der Waals surface area contributed by atoms with Gasteiger partial charge in [-0.15, -0.1) is 0 Å². The molecule has 0 aromatic carbocycles. The molecule has 0 radical (unpaired) electrons. The fraction of sp³-hybridized carbons (Fsp3) is 0.722. The summed E-state index contributed by atoms with van der Waals surface area (Å²) in [5, 5.41) is 0. The molecule has 0 bridgehead atoms. The Morgan fingerprint density at radius 2 is 0.921 bits per heavy atom. The van der Waals surface area contributed by atoms with Crippen molar-refractivity contribution in [2.45, 2.75) is 200 Å². The highest BCUT2D eigenvalue weighted by Gasteiger charge is 2.26. The Bertz CT molecular complexity index is 1280. The van der Waals surface area contributed by atoms with Crippen LogP contribution in [0.1, 0.15) is 194 Å². The predicted molar refractivity (Wildman–Crippen MR) is 270 cm³/mol. The second kappa shape index (κ2) is 46.2. The van der Waals surface area contributed by atoms with Crippen LogP contribution in [0, 0.1) is 0 Å². The molecule has 0 aliphatic heterocycles. The number of carbonyl (C=O) groups is 1. The van der Waals surface area contributed by atoms with Gasteiger partial charge in [-0.1, -0.05) is 182 Å². The van der Waals surface area contributed by atoms with E-state index >= 15 is 0 Å². The van der Waals surface area contributed by atoms with E-state index < -0.39 is 13.9 Å². The molecule has 8 nitrogen and oxygen atoms in total. The maximum atomic E-state index is 12.8. The highest BCUT2D eigenvalue weighted by molar-refractivity contribution is 7.47. The van der Waals surface area contributed by atoms with E-state index in [-0.39, 0.29) is 25.8 Å². The third-order valence-electron chi connectivity index (χ3n) is 10.4. The number of ether oxygens (including phenoxy) is 2. The minimum Gasteiger partial charge on any atom is -0.457 e. The lowest BCUT2D eigenvalue weighted by atomic mass is 10.0. The van der Waals surface area contributed by atoms with Crippen LogP contribution in [0.3, 0.4) is 0 Å². The predicted octanol–water partition coefficient (Wildman–Crippen LogP) is 15.6. The van der Waals surface area contributed by atoms with Gasteiger partial charge in [-0.05, 0) is 89.9 Å². The molecule has 0 fully saturated rings. The van der Waals surface area contributed by atoms with Crippen LogP contribution in [-0.4, -0.2) is 75.6 Å². The van der Waals surface area contributed by atoms with Crippen molar-refractivity contribution in [2.75, 3.05) is 54.1 Å². The van der Waals surface area contributed by atoms with Gasteiger partial charge in [0.05, 0.1) is 34.4 Å². The Morgan fingerprint density at radius 3 is 1.38 bits per heavy atom. The van der Waals surface area contributed by atoms with Crippen LogP contribution in [-0.2, 0) is 27.9 Å². The third-order valence-corrected chi connectivity index (χ3v) is 11.4. The normalized spacial score (nSPS) is 14.3. The molecule has 0 heterocycles. The van der Waals surface area contributed by atoms with Gasteiger partial charge >= 0.3 is 13.8 Å². The summed E-state index contributed by atoms with van der Waals surface area (Å²) in [7, 11) is 1.63. The fourth-order valence-corrected chi connectivity index (χ4v) is 7.29. The molecule has 9 heteroatoms. The first-order valence-electron chi connectivity index (χ1n) is 25.3. The van der Waals surface area contributed by atoms with Gasteiger partial charge in [0.25, 0.3) is 0 Å². The second-order valence-electron chi connectivity index (χ2n) is 17.8. The lowest BCUT2D eigenvalue weighted by Crippen LogP contribution is -2.37. The molecule has 0 amide bonds. The molecule has 0 aliphatic rings. The quantitative estimate of drug-likeness (QED) is 0.0214. The van der Waals surface area contributed by atoms with Gasteiger partial charge in [-0.25, -0.2) is 4.57 Å². The molecule has 0 rings (SSSR count). The summed E-state index contributed by atoms with van der Waals surface area (Å²) in [5.74, 6) is -0.333. The highest BCUT2D eigenvalue weighted by atomic mass is 31.2. The van der Waals surface area contributed by atoms with Crippen LogP contribution in [0.2, 0.25) is 0 Å². The maximum Gasteiger partial charge on any atom is 0.472 e. The lowest BCUT2D eigenvalue weighted by molar-refractivity contribution is -0.870. The zero-order valence-corrected chi connectivity index (χ0v) is 42.2. The van der Waals surface area contributed by atoms with Crippen LogP contribution in [0.25, 0.3) is 0 Å². The van der Waals surface area contributed by atoms with E-state index in [4.69, 9.17) is 18.5 Å². The summed E-state index contributed by atoms with van der Waals surface area (Å²) in [6.45, 7) is 5.38. The molecular weight excluding hydrogens is 806 g/mol. The van der Waals surface area contributed by atoms with Crippen molar-refractivity contribution >= 4 is 13.8 Å². The average Bonchev–Trinajstić information content (AvgIpc) is 3.24. The fourth-order valence-electron chi connectivity index (χ4n) is 6.55. The van der Waals surface area contributed by atoms with Gasteiger partial charge < -0.3 is 18.9 Å². The minimum absolute atomic E-state index is 0.0755. The van der Waals surface area contributed by atoms with Crippen molar-refractivity contribution in [3.63, 3.8) is 0 Å². The summed E-state index contributed by atoms with van der Waals surface area (Å²) in [6.07, 6.45) is 62.1. The van der Waals surface area contributed by atoms with Crippen LogP contribution in [0.15, 0.2) is 85.1 Å². The van der Waals surface area contributed by atoms with Crippen LogP contribution in [0.5, 0.6) is 0 Å². The Balaban J connectivity index is 4.22. The number of quaternary nitrogens is 1. The SMILES string of the molecule is CC/C=C\C/C=C\C/C=C\C/C=C\C/C=C\CCCCOCC(COP(=O)(O)OCC[N+](C)(C)C)OC(=O)CCCCCCCCCCCCC/C=C\C/C=C\CCCCCCC. The van der Waals surface area contributed by atoms with E-state index in [1.807, 2.05) is 21.1 Å². The Labute approximate surface area is 388 Å². The number of likely N-dealkylation sites (N-methyl/N-ethyl adjacent to an activating group) is 1. The van der Waals surface area contributed by atoms with Crippen LogP contribution < -0.4 is 0 Å². The average molecular weight is 903 g/mol. The molecule has 2 unspecified atom stereocenters. The number of nitrogens with zero attached hydrogens (tertiary/aromatic N) is 1. The second-order valence-corrected chi connectivity index (χ2v) is 19.3. The third kappa shape index (κ3) is 50.5. The van der Waals surface area contributed by atoms with Gasteiger partial charge in [0.2, 0.25) is 0 Å². The molecule has 0 saturated carbocycles. The van der Waals surface area contributed by atoms with E-state index in [9.17, 15) is 14.3 Å². The molecule has 63 heavy (non-hydrogen) atoms. The number of phosphoric acid groups is 1. The zero-order valence-electron chi connectivity index (χ0n) is 41.3. The number of allylic oxidation sites excluding steroid dienone is 14. The Kier molecular flexibility index (Phi) is 44.5. The molecule has 0 aromatic rings. The van der Waals surface area contributed by atoms with Crippen molar-refractivity contribution in [2.24, 2.45) is 0 Å². The summed E-state index contributed by atoms with van der Waals surface area (Å²) in [4.78, 5) is 23.0. The highest BCUT2D eigenvalue weighted by Crippen LogP contribution is 2.43. The van der Waals surface area contributed by atoms with Crippen molar-refractivity contribution < 1.29 is 37.3 Å². The number of phosphoric ester groups is 1. The Hall–Kier alpha value is -2.32. The number of carbonyl (C=O) groups excluding carboxylic acids is 1. The smallest absolute Gasteiger partial charge is 0.457 e. The molecule has 0 aromatic heterocycles. The van der Waals surface area contributed by atoms with E-state index in [2.05, 4.69) is 98.9 Å². The van der Waals surface area contributed by atoms with Crippen molar-refractivity contribution in [1.29, 1.82) is 0 Å².